The zero-order valence-electron chi connectivity index (χ0n) is 8.59. The summed E-state index contributed by atoms with van der Waals surface area (Å²) in [4.78, 5) is 0. The van der Waals surface area contributed by atoms with Crippen molar-refractivity contribution >= 4 is 18.4 Å². The number of hydrogen-bond donors (Lipinski definition) is 0. The molecule has 0 N–H and O–H groups in total. The lowest BCUT2D eigenvalue weighted by Gasteiger charge is -2.04. The summed E-state index contributed by atoms with van der Waals surface area (Å²) < 4.78 is 17.8. The fraction of sp³-hybridized carbons (Fsp3) is 0.0769. The summed E-state index contributed by atoms with van der Waals surface area (Å²) in [5, 5.41) is 1.71. The Morgan fingerprint density at radius 3 is 2.06 bits per heavy atom. The molecule has 2 nitrogen and oxygen atoms in total. The van der Waals surface area contributed by atoms with E-state index in [0.717, 1.165) is 21.9 Å². The Kier molecular flexibility index (Phi) is 2.23. The van der Waals surface area contributed by atoms with Gasteiger partial charge in [0.2, 0.25) is 0 Å². The zero-order valence-corrected chi connectivity index (χ0v) is 9.48. The maximum absolute atomic E-state index is 12.2. The van der Waals surface area contributed by atoms with Crippen LogP contribution in [0.5, 0.6) is 5.75 Å². The van der Waals surface area contributed by atoms with Crippen LogP contribution in [-0.4, -0.2) is 0 Å². The quantitative estimate of drug-likeness (QED) is 0.648. The first-order valence-corrected chi connectivity index (χ1v) is 6.38. The lowest BCUT2D eigenvalue weighted by atomic mass is 10.2. The van der Waals surface area contributed by atoms with Crippen LogP contribution in [0.3, 0.4) is 0 Å². The first-order chi connectivity index (χ1) is 7.83. The van der Waals surface area contributed by atoms with Gasteiger partial charge in [-0.3, -0.25) is 0 Å². The first kappa shape index (κ1) is 9.56. The summed E-state index contributed by atoms with van der Waals surface area (Å²) in [5.74, 6) is 0.816. The van der Waals surface area contributed by atoms with Crippen LogP contribution >= 0.6 is 7.80 Å². The molecule has 0 saturated heterocycles. The molecule has 78 valence electrons. The molecule has 0 radical (unpaired) electrons. The Labute approximate surface area is 94.7 Å². The molecule has 0 aromatic heterocycles. The minimum absolute atomic E-state index is 0.552. The molecule has 0 amide bonds. The van der Waals surface area contributed by atoms with Crippen molar-refractivity contribution in [3.05, 3.63) is 54.1 Å². The highest BCUT2D eigenvalue weighted by atomic mass is 31.1. The van der Waals surface area contributed by atoms with Gasteiger partial charge in [0.1, 0.15) is 12.4 Å². The second-order valence-corrected chi connectivity index (χ2v) is 5.36. The van der Waals surface area contributed by atoms with E-state index in [1.165, 1.54) is 0 Å². The van der Waals surface area contributed by atoms with Crippen LogP contribution in [0, 0.1) is 0 Å². The van der Waals surface area contributed by atoms with Gasteiger partial charge in [-0.25, -0.2) is 0 Å². The van der Waals surface area contributed by atoms with Crippen molar-refractivity contribution in [3.63, 3.8) is 0 Å². The summed E-state index contributed by atoms with van der Waals surface area (Å²) in [6.45, 7) is 0.552. The van der Waals surface area contributed by atoms with Crippen LogP contribution in [0.2, 0.25) is 0 Å². The maximum atomic E-state index is 12.2. The molecule has 4 aliphatic rings. The Morgan fingerprint density at radius 1 is 0.875 bits per heavy atom. The summed E-state index contributed by atoms with van der Waals surface area (Å²) in [6.07, 6.45) is 0. The molecule has 1 unspecified atom stereocenters. The van der Waals surface area contributed by atoms with Crippen molar-refractivity contribution in [2.24, 2.45) is 0 Å². The van der Waals surface area contributed by atoms with E-state index in [2.05, 4.69) is 0 Å². The summed E-state index contributed by atoms with van der Waals surface area (Å²) in [7, 11) is -1.47. The van der Waals surface area contributed by atoms with E-state index < -0.39 is 7.80 Å². The van der Waals surface area contributed by atoms with Crippen molar-refractivity contribution in [1.82, 2.24) is 0 Å². The van der Waals surface area contributed by atoms with Crippen molar-refractivity contribution in [3.8, 4) is 5.75 Å². The van der Waals surface area contributed by atoms with Gasteiger partial charge in [-0.15, -0.1) is 0 Å². The van der Waals surface area contributed by atoms with Gasteiger partial charge in [0.15, 0.2) is 10.6 Å². The molecule has 0 fully saturated rings. The highest BCUT2D eigenvalue weighted by Crippen LogP contribution is 2.23. The largest absolute Gasteiger partial charge is 0.489 e. The number of rotatable bonds is 0. The van der Waals surface area contributed by atoms with Gasteiger partial charge in [0.25, 0.3) is 0 Å². The second kappa shape index (κ2) is 3.73. The van der Waals surface area contributed by atoms with Gasteiger partial charge in [-0.2, -0.15) is 0 Å². The highest BCUT2D eigenvalue weighted by Gasteiger charge is 2.23. The van der Waals surface area contributed by atoms with Crippen LogP contribution in [0.4, 0.5) is 0 Å². The highest BCUT2D eigenvalue weighted by molar-refractivity contribution is 7.61. The monoisotopic (exact) mass is 229 g/mol. The van der Waals surface area contributed by atoms with E-state index >= 15 is 0 Å². The number of hydrogen-bond acceptors (Lipinski definition) is 2. The summed E-state index contributed by atoms with van der Waals surface area (Å²) in [5.41, 5.74) is 1.09. The minimum atomic E-state index is -1.47. The van der Waals surface area contributed by atoms with E-state index in [9.17, 15) is 4.57 Å². The Bertz CT molecular complexity index is 479. The molecule has 4 bridgehead atoms. The lowest BCUT2D eigenvalue weighted by Crippen LogP contribution is -2.05. The van der Waals surface area contributed by atoms with Crippen molar-refractivity contribution < 1.29 is 9.30 Å². The third-order valence-corrected chi connectivity index (χ3v) is 4.18. The van der Waals surface area contributed by atoms with Gasteiger partial charge < -0.3 is 4.74 Å². The molecule has 2 aromatic rings. The fourth-order valence-electron chi connectivity index (χ4n) is 1.72. The van der Waals surface area contributed by atoms with Crippen LogP contribution in [0.1, 0.15) is 5.56 Å². The van der Waals surface area contributed by atoms with Gasteiger partial charge in [0.05, 0.1) is 0 Å². The summed E-state index contributed by atoms with van der Waals surface area (Å²) >= 11 is 0. The smallest absolute Gasteiger partial charge is 0.415 e. The number of benzene rings is 2. The zero-order chi connectivity index (χ0) is 11.0. The lowest BCUT2D eigenvalue weighted by molar-refractivity contribution is 0.306. The molecule has 2 aromatic carbocycles. The molecule has 0 aliphatic carbocycles. The van der Waals surface area contributed by atoms with E-state index in [1.807, 2.05) is 48.5 Å². The Balaban J connectivity index is 2.19. The van der Waals surface area contributed by atoms with Gasteiger partial charge >= 0.3 is 7.80 Å². The van der Waals surface area contributed by atoms with E-state index in [1.54, 1.807) is 0 Å². The molecule has 1 atom stereocenters. The maximum Gasteiger partial charge on any atom is 0.415 e. The summed E-state index contributed by atoms with van der Waals surface area (Å²) in [6, 6.07) is 15.2. The van der Waals surface area contributed by atoms with Crippen molar-refractivity contribution in [2.45, 2.75) is 6.61 Å². The molecule has 4 heterocycles. The van der Waals surface area contributed by atoms with Gasteiger partial charge in [-0.05, 0) is 42.0 Å². The molecule has 4 aliphatic heterocycles. The second-order valence-electron chi connectivity index (χ2n) is 3.74. The third-order valence-electron chi connectivity index (χ3n) is 2.65. The Hall–Kier alpha value is -1.66. The number of ether oxygens (including phenoxy) is 1. The predicted octanol–water partition coefficient (Wildman–Crippen LogP) is 2.36. The van der Waals surface area contributed by atoms with Crippen LogP contribution in [0.25, 0.3) is 0 Å². The van der Waals surface area contributed by atoms with Crippen molar-refractivity contribution in [1.29, 1.82) is 0 Å². The SMILES string of the molecule is O=[P+]1c2ccc(cc2)COc2ccc1cc2. The average molecular weight is 229 g/mol. The van der Waals surface area contributed by atoms with Crippen LogP contribution < -0.4 is 15.3 Å². The molecule has 0 spiro atoms. The van der Waals surface area contributed by atoms with E-state index in [-0.39, 0.29) is 0 Å². The molecule has 0 saturated carbocycles. The normalized spacial score (nSPS) is 15.6. The average Bonchev–Trinajstić information content (AvgIpc) is 2.43. The predicted molar refractivity (Wildman–Crippen MR) is 64.1 cm³/mol. The molecular weight excluding hydrogens is 219 g/mol. The standard InChI is InChI=1S/C13H10O2P/c14-16-12-5-1-10(2-6-12)9-15-11-3-7-13(16)8-4-11/h1-8H,9H2/q+1. The Morgan fingerprint density at radius 2 is 1.44 bits per heavy atom. The first-order valence-electron chi connectivity index (χ1n) is 5.12. The molecular formula is C13H10O2P+. The molecule has 6 rings (SSSR count). The van der Waals surface area contributed by atoms with Crippen molar-refractivity contribution in [2.75, 3.05) is 0 Å². The van der Waals surface area contributed by atoms with Gasteiger partial charge in [-0.1, -0.05) is 16.7 Å². The van der Waals surface area contributed by atoms with E-state index in [4.69, 9.17) is 4.74 Å². The molecule has 16 heavy (non-hydrogen) atoms. The minimum Gasteiger partial charge on any atom is -0.489 e. The van der Waals surface area contributed by atoms with Crippen LogP contribution in [-0.2, 0) is 11.2 Å². The van der Waals surface area contributed by atoms with Gasteiger partial charge in [0, 0.05) is 0 Å². The molecule has 3 heteroatoms. The van der Waals surface area contributed by atoms with Crippen LogP contribution in [0.15, 0.2) is 48.5 Å². The van der Waals surface area contributed by atoms with E-state index in [0.29, 0.717) is 6.61 Å². The topological polar surface area (TPSA) is 26.3 Å². The third kappa shape index (κ3) is 1.62. The fourth-order valence-corrected chi connectivity index (χ4v) is 2.86.